The van der Waals surface area contributed by atoms with Crippen LogP contribution in [0.25, 0.3) is 0 Å². The number of hydrogen-bond acceptors (Lipinski definition) is 3. The quantitative estimate of drug-likeness (QED) is 0.645. The first-order valence-electron chi connectivity index (χ1n) is 9.30. The summed E-state index contributed by atoms with van der Waals surface area (Å²) < 4.78 is 44.8. The van der Waals surface area contributed by atoms with E-state index in [2.05, 4.69) is 5.32 Å². The van der Waals surface area contributed by atoms with E-state index in [4.69, 9.17) is 4.42 Å². The van der Waals surface area contributed by atoms with Gasteiger partial charge in [0.2, 0.25) is 0 Å². The Morgan fingerprint density at radius 1 is 1.03 bits per heavy atom. The first-order chi connectivity index (χ1) is 14.3. The number of nitrogens with one attached hydrogen (secondary N) is 1. The van der Waals surface area contributed by atoms with Crippen LogP contribution in [0.3, 0.4) is 0 Å². The molecular weight excluding hydrogens is 397 g/mol. The van der Waals surface area contributed by atoms with Gasteiger partial charge >= 0.3 is 6.18 Å². The zero-order chi connectivity index (χ0) is 21.3. The van der Waals surface area contributed by atoms with Crippen molar-refractivity contribution in [1.82, 2.24) is 0 Å². The monoisotopic (exact) mass is 414 g/mol. The summed E-state index contributed by atoms with van der Waals surface area (Å²) in [5.74, 6) is -0.995. The van der Waals surface area contributed by atoms with Gasteiger partial charge < -0.3 is 14.6 Å². The number of amides is 2. The van der Waals surface area contributed by atoms with Gasteiger partial charge in [-0.25, -0.2) is 0 Å². The van der Waals surface area contributed by atoms with E-state index in [-0.39, 0.29) is 11.7 Å². The third kappa shape index (κ3) is 3.80. The number of alkyl halides is 3. The molecule has 0 spiro atoms. The topological polar surface area (TPSA) is 62.6 Å². The molecule has 0 saturated heterocycles. The van der Waals surface area contributed by atoms with Crippen molar-refractivity contribution >= 4 is 23.2 Å². The Morgan fingerprint density at radius 2 is 1.83 bits per heavy atom. The van der Waals surface area contributed by atoms with Gasteiger partial charge in [-0.2, -0.15) is 13.2 Å². The summed E-state index contributed by atoms with van der Waals surface area (Å²) in [5, 5.41) is 2.51. The molecule has 5 nitrogen and oxygen atoms in total. The molecule has 2 aromatic carbocycles. The van der Waals surface area contributed by atoms with Crippen molar-refractivity contribution in [2.75, 3.05) is 16.8 Å². The van der Waals surface area contributed by atoms with Gasteiger partial charge in [0.25, 0.3) is 11.8 Å². The van der Waals surface area contributed by atoms with Crippen LogP contribution in [0, 0.1) is 0 Å². The van der Waals surface area contributed by atoms with Crippen molar-refractivity contribution in [2.45, 2.75) is 19.0 Å². The normalized spacial score (nSPS) is 13.6. The lowest BCUT2D eigenvalue weighted by Crippen LogP contribution is -2.35. The molecule has 154 valence electrons. The first-order valence-corrected chi connectivity index (χ1v) is 9.30. The molecule has 1 N–H and O–H groups in total. The smallest absolute Gasteiger partial charge is 0.417 e. The molecular formula is C22H17F3N2O3. The summed E-state index contributed by atoms with van der Waals surface area (Å²) in [6.07, 6.45) is -1.71. The number of anilines is 2. The molecule has 1 aliphatic rings. The standard InChI is InChI=1S/C22H17F3N2O3/c23-22(24,25)17-7-2-1-6-16(17)20(28)26-15-10-9-14-5-3-11-27(18(14)13-15)21(29)19-8-4-12-30-19/h1-2,4,6-10,12-13H,3,5,11H2,(H,26,28). The van der Waals surface area contributed by atoms with Gasteiger partial charge in [0, 0.05) is 17.9 Å². The largest absolute Gasteiger partial charge is 0.459 e. The van der Waals surface area contributed by atoms with Crippen molar-refractivity contribution in [2.24, 2.45) is 0 Å². The summed E-state index contributed by atoms with van der Waals surface area (Å²) in [6.45, 7) is 0.473. The van der Waals surface area contributed by atoms with E-state index in [1.165, 1.54) is 18.4 Å². The Morgan fingerprint density at radius 3 is 2.57 bits per heavy atom. The van der Waals surface area contributed by atoms with Gasteiger partial charge in [0.15, 0.2) is 5.76 Å². The third-order valence-electron chi connectivity index (χ3n) is 4.92. The van der Waals surface area contributed by atoms with Crippen LogP contribution in [0.5, 0.6) is 0 Å². The zero-order valence-corrected chi connectivity index (χ0v) is 15.7. The molecule has 0 atom stereocenters. The average molecular weight is 414 g/mol. The molecule has 8 heteroatoms. The highest BCUT2D eigenvalue weighted by molar-refractivity contribution is 6.07. The second-order valence-corrected chi connectivity index (χ2v) is 6.88. The Labute approximate surface area is 170 Å². The van der Waals surface area contributed by atoms with Gasteiger partial charge in [-0.05, 0) is 54.8 Å². The second kappa shape index (κ2) is 7.70. The molecule has 0 fully saturated rings. The van der Waals surface area contributed by atoms with Gasteiger partial charge in [-0.3, -0.25) is 9.59 Å². The molecule has 0 bridgehead atoms. The number of nitrogens with zero attached hydrogens (tertiary/aromatic N) is 1. The second-order valence-electron chi connectivity index (χ2n) is 6.88. The highest BCUT2D eigenvalue weighted by atomic mass is 19.4. The highest BCUT2D eigenvalue weighted by Crippen LogP contribution is 2.34. The minimum absolute atomic E-state index is 0.191. The van der Waals surface area contributed by atoms with Crippen LogP contribution in [0.4, 0.5) is 24.5 Å². The Kier molecular flexibility index (Phi) is 5.07. The van der Waals surface area contributed by atoms with E-state index < -0.39 is 23.2 Å². The summed E-state index contributed by atoms with van der Waals surface area (Å²) in [5.41, 5.74) is 0.343. The van der Waals surface area contributed by atoms with E-state index >= 15 is 0 Å². The number of hydrogen-bond donors (Lipinski definition) is 1. The van der Waals surface area contributed by atoms with E-state index in [9.17, 15) is 22.8 Å². The number of fused-ring (bicyclic) bond motifs is 1. The van der Waals surface area contributed by atoms with Crippen LogP contribution >= 0.6 is 0 Å². The number of halogens is 3. The summed E-state index contributed by atoms with van der Waals surface area (Å²) in [7, 11) is 0. The maximum Gasteiger partial charge on any atom is 0.417 e. The molecule has 0 saturated carbocycles. The molecule has 0 unspecified atom stereocenters. The first kappa shape index (κ1) is 19.8. The van der Waals surface area contributed by atoms with Crippen molar-refractivity contribution in [3.8, 4) is 0 Å². The maximum absolute atomic E-state index is 13.2. The molecule has 4 rings (SSSR count). The fraction of sp³-hybridized carbons (Fsp3) is 0.182. The van der Waals surface area contributed by atoms with E-state index in [0.717, 1.165) is 30.5 Å². The fourth-order valence-electron chi connectivity index (χ4n) is 3.52. The van der Waals surface area contributed by atoms with E-state index in [0.29, 0.717) is 17.9 Å². The minimum atomic E-state index is -4.64. The Bertz CT molecular complexity index is 1090. The molecule has 2 amide bonds. The molecule has 1 aromatic heterocycles. The molecule has 0 radical (unpaired) electrons. The Balaban J connectivity index is 1.63. The Hall–Kier alpha value is -3.55. The van der Waals surface area contributed by atoms with Gasteiger partial charge in [0.1, 0.15) is 0 Å². The molecule has 0 aliphatic carbocycles. The number of benzene rings is 2. The maximum atomic E-state index is 13.2. The number of carbonyl (C=O) groups excluding carboxylic acids is 2. The van der Waals surface area contributed by atoms with Crippen LogP contribution in [-0.2, 0) is 12.6 Å². The van der Waals surface area contributed by atoms with Crippen LogP contribution in [-0.4, -0.2) is 18.4 Å². The predicted molar refractivity (Wildman–Crippen MR) is 105 cm³/mol. The third-order valence-corrected chi connectivity index (χ3v) is 4.92. The van der Waals surface area contributed by atoms with Gasteiger partial charge in [-0.15, -0.1) is 0 Å². The zero-order valence-electron chi connectivity index (χ0n) is 15.7. The minimum Gasteiger partial charge on any atom is -0.459 e. The highest BCUT2D eigenvalue weighted by Gasteiger charge is 2.35. The van der Waals surface area contributed by atoms with Crippen molar-refractivity contribution < 1.29 is 27.2 Å². The lowest BCUT2D eigenvalue weighted by atomic mass is 10.0. The van der Waals surface area contributed by atoms with Crippen LogP contribution in [0.15, 0.2) is 65.3 Å². The van der Waals surface area contributed by atoms with Crippen LogP contribution < -0.4 is 10.2 Å². The van der Waals surface area contributed by atoms with Crippen molar-refractivity contribution in [3.63, 3.8) is 0 Å². The summed E-state index contributed by atoms with van der Waals surface area (Å²) >= 11 is 0. The number of aryl methyl sites for hydroxylation is 1. The molecule has 3 aromatic rings. The fourth-order valence-corrected chi connectivity index (χ4v) is 3.52. The summed E-state index contributed by atoms with van der Waals surface area (Å²) in [4.78, 5) is 26.9. The lowest BCUT2D eigenvalue weighted by Gasteiger charge is -2.29. The summed E-state index contributed by atoms with van der Waals surface area (Å²) in [6, 6.07) is 12.8. The predicted octanol–water partition coefficient (Wildman–Crippen LogP) is 5.14. The van der Waals surface area contributed by atoms with Gasteiger partial charge in [0.05, 0.1) is 17.4 Å². The lowest BCUT2D eigenvalue weighted by molar-refractivity contribution is -0.137. The number of carbonyl (C=O) groups is 2. The van der Waals surface area contributed by atoms with Crippen molar-refractivity contribution in [3.05, 3.63) is 83.3 Å². The van der Waals surface area contributed by atoms with Gasteiger partial charge in [-0.1, -0.05) is 18.2 Å². The number of rotatable bonds is 3. The van der Waals surface area contributed by atoms with E-state index in [1.54, 1.807) is 35.2 Å². The molecule has 30 heavy (non-hydrogen) atoms. The number of furan rings is 1. The SMILES string of the molecule is O=C(Nc1ccc2c(c1)N(C(=O)c1ccco1)CCC2)c1ccccc1C(F)(F)F. The van der Waals surface area contributed by atoms with Crippen molar-refractivity contribution in [1.29, 1.82) is 0 Å². The molecule has 2 heterocycles. The van der Waals surface area contributed by atoms with Crippen LogP contribution in [0.2, 0.25) is 0 Å². The molecule has 1 aliphatic heterocycles. The van der Waals surface area contributed by atoms with E-state index in [1.807, 2.05) is 0 Å². The average Bonchev–Trinajstić information content (AvgIpc) is 3.27. The van der Waals surface area contributed by atoms with Crippen LogP contribution in [0.1, 0.15) is 38.5 Å².